The van der Waals surface area contributed by atoms with E-state index >= 15 is 0 Å². The number of carbonyl (C=O) groups is 2. The summed E-state index contributed by atoms with van der Waals surface area (Å²) in [5, 5.41) is 13.7. The van der Waals surface area contributed by atoms with Crippen LogP contribution in [0.4, 0.5) is 13.2 Å². The zero-order valence-corrected chi connectivity index (χ0v) is 17.8. The largest absolute Gasteiger partial charge is 0.545 e. The maximum atomic E-state index is 13.7. The molecule has 0 saturated heterocycles. The van der Waals surface area contributed by atoms with Crippen LogP contribution in [-0.2, 0) is 6.54 Å². The van der Waals surface area contributed by atoms with Crippen molar-refractivity contribution in [2.24, 2.45) is 0 Å². The molecular formula is C21H16Cl2F3N2O3-. The molecule has 10 heteroatoms. The van der Waals surface area contributed by atoms with Crippen LogP contribution in [0, 0.1) is 6.92 Å². The summed E-state index contributed by atoms with van der Waals surface area (Å²) in [4.78, 5) is 24.1. The molecule has 0 aliphatic rings. The maximum Gasteiger partial charge on any atom is 0.412 e. The molecule has 3 rings (SSSR count). The first-order valence-corrected chi connectivity index (χ1v) is 9.87. The highest BCUT2D eigenvalue weighted by atomic mass is 35.5. The van der Waals surface area contributed by atoms with Crippen LogP contribution in [0.3, 0.4) is 0 Å². The van der Waals surface area contributed by atoms with Crippen LogP contribution in [0.1, 0.15) is 44.9 Å². The molecule has 164 valence electrons. The molecule has 0 fully saturated rings. The number of aryl methyl sites for hydroxylation is 2. The minimum absolute atomic E-state index is 0.0401. The van der Waals surface area contributed by atoms with Gasteiger partial charge >= 0.3 is 6.18 Å². The minimum Gasteiger partial charge on any atom is -0.545 e. The predicted octanol–water partition coefficient (Wildman–Crippen LogP) is 4.67. The molecule has 3 aromatic rings. The van der Waals surface area contributed by atoms with Crippen molar-refractivity contribution in [3.05, 3.63) is 68.8 Å². The third-order valence-corrected chi connectivity index (χ3v) is 5.64. The van der Waals surface area contributed by atoms with Gasteiger partial charge in [0.1, 0.15) is 5.69 Å². The van der Waals surface area contributed by atoms with Crippen LogP contribution in [0.25, 0.3) is 10.9 Å². The maximum absolute atomic E-state index is 13.7. The van der Waals surface area contributed by atoms with Gasteiger partial charge in [0.15, 0.2) is 6.04 Å². The van der Waals surface area contributed by atoms with Gasteiger partial charge in [0.2, 0.25) is 0 Å². The van der Waals surface area contributed by atoms with Crippen molar-refractivity contribution in [1.82, 2.24) is 9.88 Å². The molecule has 2 aromatic carbocycles. The molecule has 1 atom stereocenters. The molecule has 1 amide bonds. The normalized spacial score (nSPS) is 12.7. The number of carbonyl (C=O) groups excluding carboxylic acids is 2. The Morgan fingerprint density at radius 2 is 1.81 bits per heavy atom. The molecule has 0 aliphatic heterocycles. The quantitative estimate of drug-likeness (QED) is 0.587. The minimum atomic E-state index is -4.80. The fourth-order valence-electron chi connectivity index (χ4n) is 3.41. The zero-order chi connectivity index (χ0) is 23.1. The fourth-order valence-corrected chi connectivity index (χ4v) is 3.72. The van der Waals surface area contributed by atoms with Crippen molar-refractivity contribution < 1.29 is 27.9 Å². The molecule has 31 heavy (non-hydrogen) atoms. The van der Waals surface area contributed by atoms with Gasteiger partial charge in [0.25, 0.3) is 5.91 Å². The Morgan fingerprint density at radius 3 is 2.35 bits per heavy atom. The number of aromatic carboxylic acids is 1. The van der Waals surface area contributed by atoms with Gasteiger partial charge in [-0.1, -0.05) is 29.3 Å². The van der Waals surface area contributed by atoms with Crippen LogP contribution in [0.15, 0.2) is 36.4 Å². The number of aromatic nitrogens is 1. The topological polar surface area (TPSA) is 74.2 Å². The third kappa shape index (κ3) is 4.50. The summed E-state index contributed by atoms with van der Waals surface area (Å²) >= 11 is 11.6. The summed E-state index contributed by atoms with van der Waals surface area (Å²) < 4.78 is 42.7. The Hall–Kier alpha value is -2.71. The number of hydrogen-bond donors (Lipinski definition) is 1. The van der Waals surface area contributed by atoms with E-state index in [1.165, 1.54) is 22.8 Å². The molecule has 1 heterocycles. The van der Waals surface area contributed by atoms with E-state index in [4.69, 9.17) is 23.2 Å². The SMILES string of the molecule is CCn1c(C(=O)NC(c2ccc(Cl)c(Cl)c2)C(F)(F)F)cc2cc(C(=O)[O-])c(C)cc21. The molecule has 0 radical (unpaired) electrons. The van der Waals surface area contributed by atoms with Gasteiger partial charge in [-0.05, 0) is 55.3 Å². The average molecular weight is 472 g/mol. The van der Waals surface area contributed by atoms with E-state index in [-0.39, 0.29) is 33.4 Å². The summed E-state index contributed by atoms with van der Waals surface area (Å²) in [5.74, 6) is -2.36. The number of hydrogen-bond acceptors (Lipinski definition) is 3. The molecular weight excluding hydrogens is 456 g/mol. The third-order valence-electron chi connectivity index (χ3n) is 4.90. The van der Waals surface area contributed by atoms with Gasteiger partial charge in [0, 0.05) is 23.0 Å². The van der Waals surface area contributed by atoms with Gasteiger partial charge in [-0.25, -0.2) is 0 Å². The van der Waals surface area contributed by atoms with Crippen molar-refractivity contribution in [2.75, 3.05) is 0 Å². The first-order valence-electron chi connectivity index (χ1n) is 9.11. The van der Waals surface area contributed by atoms with Crippen LogP contribution < -0.4 is 10.4 Å². The van der Waals surface area contributed by atoms with E-state index in [9.17, 15) is 27.9 Å². The van der Waals surface area contributed by atoms with Crippen LogP contribution in [0.5, 0.6) is 0 Å². The molecule has 1 aromatic heterocycles. The highest BCUT2D eigenvalue weighted by Crippen LogP contribution is 2.36. The lowest BCUT2D eigenvalue weighted by molar-refractivity contribution is -0.255. The Bertz CT molecular complexity index is 1190. The number of halogens is 5. The van der Waals surface area contributed by atoms with E-state index in [2.05, 4.69) is 0 Å². The Kier molecular flexibility index (Phi) is 6.25. The van der Waals surface area contributed by atoms with E-state index in [1.807, 2.05) is 5.32 Å². The summed E-state index contributed by atoms with van der Waals surface area (Å²) in [7, 11) is 0. The molecule has 1 N–H and O–H groups in total. The Morgan fingerprint density at radius 1 is 1.13 bits per heavy atom. The number of amides is 1. The highest BCUT2D eigenvalue weighted by Gasteiger charge is 2.42. The van der Waals surface area contributed by atoms with Crippen LogP contribution >= 0.6 is 23.2 Å². The lowest BCUT2D eigenvalue weighted by Gasteiger charge is -2.23. The zero-order valence-electron chi connectivity index (χ0n) is 16.3. The average Bonchev–Trinajstić information content (AvgIpc) is 3.04. The van der Waals surface area contributed by atoms with E-state index < -0.39 is 24.1 Å². The summed E-state index contributed by atoms with van der Waals surface area (Å²) in [6, 6.07) is 5.33. The van der Waals surface area contributed by atoms with Gasteiger partial charge in [0.05, 0.1) is 16.0 Å². The molecule has 0 spiro atoms. The lowest BCUT2D eigenvalue weighted by atomic mass is 10.1. The molecule has 0 saturated carbocycles. The smallest absolute Gasteiger partial charge is 0.412 e. The standard InChI is InChI=1S/C21H17Cl2F3N2O3/c1-3-28-16-6-10(2)13(20(30)31)7-12(16)9-17(28)19(29)27-18(21(24,25)26)11-4-5-14(22)15(23)8-11/h4-9,18H,3H2,1-2H3,(H,27,29)(H,30,31)/p-1. The fraction of sp³-hybridized carbons (Fsp3) is 0.238. The van der Waals surface area contributed by atoms with Gasteiger partial charge in [-0.3, -0.25) is 4.79 Å². The Balaban J connectivity index is 2.05. The number of fused-ring (bicyclic) bond motifs is 1. The van der Waals surface area contributed by atoms with Crippen LogP contribution in [-0.4, -0.2) is 22.6 Å². The van der Waals surface area contributed by atoms with E-state index in [1.54, 1.807) is 19.9 Å². The van der Waals surface area contributed by atoms with Crippen molar-refractivity contribution in [2.45, 2.75) is 32.6 Å². The molecule has 0 aliphatic carbocycles. The summed E-state index contributed by atoms with van der Waals surface area (Å²) in [5.41, 5.74) is 0.562. The second-order valence-electron chi connectivity index (χ2n) is 6.91. The number of carboxylic acids is 1. The van der Waals surface area contributed by atoms with Gasteiger partial charge in [-0.15, -0.1) is 0 Å². The van der Waals surface area contributed by atoms with Gasteiger partial charge in [-0.2, -0.15) is 13.2 Å². The molecule has 1 unspecified atom stereocenters. The number of rotatable bonds is 5. The highest BCUT2D eigenvalue weighted by molar-refractivity contribution is 6.42. The molecule has 0 bridgehead atoms. The van der Waals surface area contributed by atoms with Crippen LogP contribution in [0.2, 0.25) is 10.0 Å². The summed E-state index contributed by atoms with van der Waals surface area (Å²) in [6.45, 7) is 3.57. The number of nitrogens with zero attached hydrogens (tertiary/aromatic N) is 1. The van der Waals surface area contributed by atoms with Crippen molar-refractivity contribution >= 4 is 46.0 Å². The molecule has 5 nitrogen and oxygen atoms in total. The first kappa shape index (κ1) is 23.0. The van der Waals surface area contributed by atoms with Crippen molar-refractivity contribution in [1.29, 1.82) is 0 Å². The number of carboxylic acid groups (broad SMARTS) is 1. The van der Waals surface area contributed by atoms with Crippen molar-refractivity contribution in [3.8, 4) is 0 Å². The Labute approximate surface area is 185 Å². The predicted molar refractivity (Wildman–Crippen MR) is 109 cm³/mol. The van der Waals surface area contributed by atoms with E-state index in [0.717, 1.165) is 12.1 Å². The van der Waals surface area contributed by atoms with Crippen molar-refractivity contribution in [3.63, 3.8) is 0 Å². The number of nitrogens with one attached hydrogen (secondary N) is 1. The van der Waals surface area contributed by atoms with Gasteiger partial charge < -0.3 is 19.8 Å². The lowest BCUT2D eigenvalue weighted by Crippen LogP contribution is -2.38. The first-order chi connectivity index (χ1) is 14.4. The summed E-state index contributed by atoms with van der Waals surface area (Å²) in [6.07, 6.45) is -4.80. The second-order valence-corrected chi connectivity index (χ2v) is 7.72. The second kappa shape index (κ2) is 8.43. The van der Waals surface area contributed by atoms with E-state index in [0.29, 0.717) is 16.5 Å². The monoisotopic (exact) mass is 471 g/mol. The number of alkyl halides is 3. The number of benzene rings is 2.